The Balaban J connectivity index is 2.52. The zero-order valence-electron chi connectivity index (χ0n) is 22.5. The Kier molecular flexibility index (Phi) is 11.4. The van der Waals surface area contributed by atoms with Crippen molar-refractivity contribution in [3.63, 3.8) is 0 Å². The third-order valence-corrected chi connectivity index (χ3v) is 7.43. The van der Waals surface area contributed by atoms with Crippen molar-refractivity contribution in [2.75, 3.05) is 41.9 Å². The first-order valence-corrected chi connectivity index (χ1v) is 13.3. The summed E-state index contributed by atoms with van der Waals surface area (Å²) in [7, 11) is 4.73. The fourth-order valence-electron chi connectivity index (χ4n) is 3.69. The SMILES string of the molecule is CC\C=C(C)/C(=C\C(=N/C)S(=O)(=O)N(Cc1ccc(OC)cc1)Cc1ccc(OC)cc1)CN(C)C. The molecule has 7 nitrogen and oxygen atoms in total. The molecule has 0 unspecified atom stereocenters. The lowest BCUT2D eigenvalue weighted by Gasteiger charge is -2.23. The minimum absolute atomic E-state index is 0.0326. The number of hydrogen-bond donors (Lipinski definition) is 0. The largest absolute Gasteiger partial charge is 0.497 e. The Labute approximate surface area is 216 Å². The molecule has 0 amide bonds. The molecule has 0 aliphatic carbocycles. The van der Waals surface area contributed by atoms with Gasteiger partial charge in [-0.15, -0.1) is 0 Å². The summed E-state index contributed by atoms with van der Waals surface area (Å²) in [5, 5.41) is 0.0326. The monoisotopic (exact) mass is 513 g/mol. The molecular weight excluding hydrogens is 474 g/mol. The van der Waals surface area contributed by atoms with E-state index in [1.807, 2.05) is 74.4 Å². The van der Waals surface area contributed by atoms with Crippen molar-refractivity contribution >= 4 is 15.1 Å². The number of sulfonamides is 1. The van der Waals surface area contributed by atoms with Crippen LogP contribution in [0.15, 0.2) is 76.8 Å². The van der Waals surface area contributed by atoms with E-state index in [1.165, 1.54) is 11.4 Å². The van der Waals surface area contributed by atoms with Crippen molar-refractivity contribution in [1.82, 2.24) is 9.21 Å². The van der Waals surface area contributed by atoms with E-state index >= 15 is 0 Å². The Morgan fingerprint density at radius 1 is 0.917 bits per heavy atom. The minimum atomic E-state index is -3.92. The van der Waals surface area contributed by atoms with Crippen LogP contribution in [-0.4, -0.2) is 64.6 Å². The second-order valence-electron chi connectivity index (χ2n) is 8.73. The summed E-state index contributed by atoms with van der Waals surface area (Å²) < 4.78 is 39.9. The van der Waals surface area contributed by atoms with Crippen molar-refractivity contribution in [3.8, 4) is 11.5 Å². The predicted octanol–water partition coefficient (Wildman–Crippen LogP) is 4.91. The van der Waals surface area contributed by atoms with E-state index in [1.54, 1.807) is 20.3 Å². The van der Waals surface area contributed by atoms with Gasteiger partial charge in [0.2, 0.25) is 0 Å². The van der Waals surface area contributed by atoms with Crippen molar-refractivity contribution in [2.45, 2.75) is 33.4 Å². The molecule has 36 heavy (non-hydrogen) atoms. The van der Waals surface area contributed by atoms with E-state index in [2.05, 4.69) is 18.0 Å². The van der Waals surface area contributed by atoms with Gasteiger partial charge in [-0.3, -0.25) is 4.99 Å². The third-order valence-electron chi connectivity index (χ3n) is 5.66. The third kappa shape index (κ3) is 8.33. The smallest absolute Gasteiger partial charge is 0.260 e. The average Bonchev–Trinajstić information content (AvgIpc) is 2.86. The number of likely N-dealkylation sites (N-methyl/N-ethyl adjacent to an activating group) is 1. The van der Waals surface area contributed by atoms with E-state index < -0.39 is 10.0 Å². The molecule has 0 N–H and O–H groups in total. The van der Waals surface area contributed by atoms with Gasteiger partial charge in [-0.2, -0.15) is 4.31 Å². The Morgan fingerprint density at radius 2 is 1.39 bits per heavy atom. The maximum Gasteiger partial charge on any atom is 0.260 e. The maximum atomic E-state index is 14.0. The molecule has 0 radical (unpaired) electrons. The fraction of sp³-hybridized carbons (Fsp3) is 0.393. The molecule has 2 aromatic carbocycles. The Morgan fingerprint density at radius 3 is 1.75 bits per heavy atom. The molecule has 0 spiro atoms. The number of methoxy groups -OCH3 is 2. The van der Waals surface area contributed by atoms with Gasteiger partial charge in [-0.05, 0) is 74.5 Å². The van der Waals surface area contributed by atoms with Crippen molar-refractivity contribution in [2.24, 2.45) is 4.99 Å². The van der Waals surface area contributed by atoms with Crippen LogP contribution < -0.4 is 9.47 Å². The van der Waals surface area contributed by atoms with E-state index in [0.717, 1.165) is 28.7 Å². The second kappa shape index (κ2) is 14.0. The summed E-state index contributed by atoms with van der Waals surface area (Å²) in [5.74, 6) is 1.43. The Bertz CT molecular complexity index is 1120. The van der Waals surface area contributed by atoms with Gasteiger partial charge in [-0.1, -0.05) is 42.8 Å². The number of nitrogens with zero attached hydrogens (tertiary/aromatic N) is 3. The molecule has 0 fully saturated rings. The summed E-state index contributed by atoms with van der Waals surface area (Å²) in [6.07, 6.45) is 4.66. The molecular formula is C28H39N3O4S. The van der Waals surface area contributed by atoms with Crippen LogP contribution in [0.25, 0.3) is 0 Å². The van der Waals surface area contributed by atoms with E-state index in [-0.39, 0.29) is 18.1 Å². The van der Waals surface area contributed by atoms with Crippen LogP contribution >= 0.6 is 0 Å². The van der Waals surface area contributed by atoms with Crippen LogP contribution in [0.4, 0.5) is 0 Å². The number of rotatable bonds is 12. The summed E-state index contributed by atoms with van der Waals surface area (Å²) in [6.45, 7) is 5.06. The molecule has 0 saturated heterocycles. The van der Waals surface area contributed by atoms with Crippen LogP contribution in [0.5, 0.6) is 11.5 Å². The van der Waals surface area contributed by atoms with E-state index in [4.69, 9.17) is 9.47 Å². The molecule has 0 aliphatic rings. The predicted molar refractivity (Wildman–Crippen MR) is 148 cm³/mol. The molecule has 0 aromatic heterocycles. The minimum Gasteiger partial charge on any atom is -0.497 e. The van der Waals surface area contributed by atoms with E-state index in [9.17, 15) is 8.42 Å². The first-order valence-electron chi connectivity index (χ1n) is 11.9. The van der Waals surface area contributed by atoms with Crippen molar-refractivity contribution in [1.29, 1.82) is 0 Å². The van der Waals surface area contributed by atoms with Gasteiger partial charge in [0, 0.05) is 26.7 Å². The van der Waals surface area contributed by atoms with Crippen molar-refractivity contribution < 1.29 is 17.9 Å². The van der Waals surface area contributed by atoms with E-state index in [0.29, 0.717) is 18.0 Å². The van der Waals surface area contributed by atoms with Gasteiger partial charge in [0.1, 0.15) is 11.5 Å². The van der Waals surface area contributed by atoms with Crippen molar-refractivity contribution in [3.05, 3.63) is 83.0 Å². The summed E-state index contributed by atoms with van der Waals surface area (Å²) in [5.41, 5.74) is 3.66. The average molecular weight is 514 g/mol. The number of aliphatic imine (C=N–C) groups is 1. The molecule has 0 bridgehead atoms. The van der Waals surface area contributed by atoms with Crippen LogP contribution in [-0.2, 0) is 23.1 Å². The lowest BCUT2D eigenvalue weighted by Crippen LogP contribution is -2.35. The lowest BCUT2D eigenvalue weighted by atomic mass is 10.1. The molecule has 0 atom stereocenters. The maximum absolute atomic E-state index is 14.0. The molecule has 196 valence electrons. The molecule has 2 rings (SSSR count). The van der Waals surface area contributed by atoms with Gasteiger partial charge >= 0.3 is 0 Å². The zero-order chi connectivity index (χ0) is 26.7. The van der Waals surface area contributed by atoms with Crippen LogP contribution in [0, 0.1) is 0 Å². The normalized spacial score (nSPS) is 13.4. The summed E-state index contributed by atoms with van der Waals surface area (Å²) in [6, 6.07) is 14.8. The first kappa shape index (κ1) is 29.3. The summed E-state index contributed by atoms with van der Waals surface area (Å²) >= 11 is 0. The van der Waals surface area contributed by atoms with Gasteiger partial charge in [-0.25, -0.2) is 8.42 Å². The number of hydrogen-bond acceptors (Lipinski definition) is 6. The fourth-order valence-corrected chi connectivity index (χ4v) is 5.12. The number of ether oxygens (including phenoxy) is 2. The topological polar surface area (TPSA) is 71.4 Å². The summed E-state index contributed by atoms with van der Waals surface area (Å²) in [4.78, 5) is 6.25. The quantitative estimate of drug-likeness (QED) is 0.229. The molecule has 8 heteroatoms. The van der Waals surface area contributed by atoms with Crippen LogP contribution in [0.3, 0.4) is 0 Å². The molecule has 0 saturated carbocycles. The second-order valence-corrected chi connectivity index (χ2v) is 10.6. The lowest BCUT2D eigenvalue weighted by molar-refractivity contribution is 0.404. The van der Waals surface area contributed by atoms with Gasteiger partial charge < -0.3 is 14.4 Å². The highest BCUT2D eigenvalue weighted by Crippen LogP contribution is 2.22. The highest BCUT2D eigenvalue weighted by atomic mass is 32.2. The molecule has 0 heterocycles. The van der Waals surface area contributed by atoms with Gasteiger partial charge in [0.25, 0.3) is 10.0 Å². The number of benzene rings is 2. The van der Waals surface area contributed by atoms with Gasteiger partial charge in [0.15, 0.2) is 5.04 Å². The highest BCUT2D eigenvalue weighted by Gasteiger charge is 2.28. The standard InChI is InChI=1S/C28H39N3O4S/c1-8-9-22(2)25(21-30(4)5)18-28(29-3)36(32,33)31(19-23-10-14-26(34-6)15-11-23)20-24-12-16-27(35-7)17-13-24/h9-18H,8,19-21H2,1-7H3/b22-9-,25-18-,29-28+. The van der Waals surface area contributed by atoms with Gasteiger partial charge in [0.05, 0.1) is 14.2 Å². The van der Waals surface area contributed by atoms with Crippen LogP contribution in [0.2, 0.25) is 0 Å². The molecule has 2 aromatic rings. The zero-order valence-corrected chi connectivity index (χ0v) is 23.3. The highest BCUT2D eigenvalue weighted by molar-refractivity contribution is 8.04. The Hall–Kier alpha value is -2.94. The number of allylic oxidation sites excluding steroid dienone is 1. The first-order chi connectivity index (χ1) is 17.1. The molecule has 0 aliphatic heterocycles. The van der Waals surface area contributed by atoms with Crippen LogP contribution in [0.1, 0.15) is 31.4 Å².